The minimum absolute atomic E-state index is 0.0127. The normalized spacial score (nSPS) is 17.7. The number of likely N-dealkylation sites (tertiary alicyclic amines) is 1. The van der Waals surface area contributed by atoms with Crippen LogP contribution in [-0.2, 0) is 6.54 Å². The topological polar surface area (TPSA) is 62.5 Å². The van der Waals surface area contributed by atoms with Gasteiger partial charge in [0.15, 0.2) is 0 Å². The first-order chi connectivity index (χ1) is 12.7. The van der Waals surface area contributed by atoms with E-state index in [1.165, 1.54) is 0 Å². The lowest BCUT2D eigenvalue weighted by molar-refractivity contribution is 0.315. The molecule has 3 aromatic rings. The summed E-state index contributed by atoms with van der Waals surface area (Å²) in [4.78, 5) is 23.7. The Morgan fingerprint density at radius 1 is 1.27 bits per heavy atom. The third-order valence-corrected chi connectivity index (χ3v) is 4.93. The molecule has 6 nitrogen and oxygen atoms in total. The minimum atomic E-state index is -0.0127. The van der Waals surface area contributed by atoms with E-state index in [2.05, 4.69) is 15.2 Å². The molecule has 3 aromatic heterocycles. The molecule has 0 spiro atoms. The molecular weight excluding hydrogens is 326 g/mol. The summed E-state index contributed by atoms with van der Waals surface area (Å²) in [7, 11) is 0. The van der Waals surface area contributed by atoms with E-state index in [1.54, 1.807) is 22.9 Å². The highest BCUT2D eigenvalue weighted by atomic mass is 16.1. The van der Waals surface area contributed by atoms with Crippen LogP contribution in [0.5, 0.6) is 0 Å². The van der Waals surface area contributed by atoms with Crippen molar-refractivity contribution in [3.63, 3.8) is 0 Å². The summed E-state index contributed by atoms with van der Waals surface area (Å²) < 4.78 is 1.61. The van der Waals surface area contributed by atoms with Gasteiger partial charge in [-0.05, 0) is 49.6 Å². The van der Waals surface area contributed by atoms with Gasteiger partial charge in [-0.1, -0.05) is 12.1 Å². The second kappa shape index (κ2) is 7.25. The van der Waals surface area contributed by atoms with Gasteiger partial charge in [-0.3, -0.25) is 14.1 Å². The Morgan fingerprint density at radius 2 is 2.19 bits per heavy atom. The Balaban J connectivity index is 1.40. The fraction of sp³-hybridized carbons (Fsp3) is 0.350. The van der Waals surface area contributed by atoms with Crippen LogP contribution in [0, 0.1) is 12.8 Å². The molecule has 1 N–H and O–H groups in total. The lowest BCUT2D eigenvalue weighted by Crippen LogP contribution is -2.25. The standard InChI is InChI=1S/C20H23N5O/c1-15-5-4-9-25-19(26)11-17(23-20(15)25)14-24-10-7-16(13-24)12-22-18-6-2-3-8-21-18/h2-6,8-9,11,16H,7,10,12-14H2,1H3,(H,21,22)/t16-/m1/s1. The Hall–Kier alpha value is -2.73. The predicted molar refractivity (Wildman–Crippen MR) is 102 cm³/mol. The maximum absolute atomic E-state index is 12.3. The largest absolute Gasteiger partial charge is 0.370 e. The highest BCUT2D eigenvalue weighted by Crippen LogP contribution is 2.19. The molecule has 0 amide bonds. The highest BCUT2D eigenvalue weighted by molar-refractivity contribution is 5.46. The number of pyridine rings is 2. The van der Waals surface area contributed by atoms with Gasteiger partial charge in [-0.15, -0.1) is 0 Å². The van der Waals surface area contributed by atoms with Gasteiger partial charge >= 0.3 is 0 Å². The maximum Gasteiger partial charge on any atom is 0.258 e. The van der Waals surface area contributed by atoms with Crippen molar-refractivity contribution in [2.75, 3.05) is 25.0 Å². The summed E-state index contributed by atoms with van der Waals surface area (Å²) in [6.07, 6.45) is 4.72. The lowest BCUT2D eigenvalue weighted by Gasteiger charge is -2.16. The summed E-state index contributed by atoms with van der Waals surface area (Å²) in [6, 6.07) is 11.4. The third kappa shape index (κ3) is 3.60. The summed E-state index contributed by atoms with van der Waals surface area (Å²) >= 11 is 0. The summed E-state index contributed by atoms with van der Waals surface area (Å²) in [5.41, 5.74) is 2.61. The molecule has 0 radical (unpaired) electrons. The number of rotatable bonds is 5. The first-order valence-corrected chi connectivity index (χ1v) is 9.04. The van der Waals surface area contributed by atoms with Crippen LogP contribution in [0.2, 0.25) is 0 Å². The van der Waals surface area contributed by atoms with Crippen LogP contribution in [0.3, 0.4) is 0 Å². The number of anilines is 1. The molecule has 0 saturated carbocycles. The lowest BCUT2D eigenvalue weighted by atomic mass is 10.1. The molecular formula is C20H23N5O. The van der Waals surface area contributed by atoms with Crippen molar-refractivity contribution >= 4 is 11.5 Å². The van der Waals surface area contributed by atoms with Gasteiger partial charge in [-0.2, -0.15) is 0 Å². The van der Waals surface area contributed by atoms with Crippen molar-refractivity contribution in [3.8, 4) is 0 Å². The summed E-state index contributed by atoms with van der Waals surface area (Å²) in [5.74, 6) is 1.51. The quantitative estimate of drug-likeness (QED) is 0.766. The number of hydrogen-bond acceptors (Lipinski definition) is 5. The van der Waals surface area contributed by atoms with Crippen LogP contribution < -0.4 is 10.9 Å². The Bertz CT molecular complexity index is 953. The molecule has 4 heterocycles. The predicted octanol–water partition coefficient (Wildman–Crippen LogP) is 2.33. The zero-order valence-corrected chi connectivity index (χ0v) is 14.9. The van der Waals surface area contributed by atoms with E-state index in [-0.39, 0.29) is 5.56 Å². The zero-order chi connectivity index (χ0) is 17.9. The molecule has 6 heteroatoms. The zero-order valence-electron chi connectivity index (χ0n) is 14.9. The van der Waals surface area contributed by atoms with Crippen LogP contribution in [0.15, 0.2) is 53.6 Å². The van der Waals surface area contributed by atoms with Crippen molar-refractivity contribution in [2.45, 2.75) is 19.9 Å². The highest BCUT2D eigenvalue weighted by Gasteiger charge is 2.23. The third-order valence-electron chi connectivity index (χ3n) is 4.93. The number of aromatic nitrogens is 3. The average Bonchev–Trinajstić information content (AvgIpc) is 3.09. The molecule has 1 saturated heterocycles. The molecule has 0 bridgehead atoms. The summed E-state index contributed by atoms with van der Waals surface area (Å²) in [6.45, 7) is 5.67. The molecule has 26 heavy (non-hydrogen) atoms. The smallest absolute Gasteiger partial charge is 0.258 e. The fourth-order valence-corrected chi connectivity index (χ4v) is 3.56. The van der Waals surface area contributed by atoms with Gasteiger partial charge in [0.2, 0.25) is 0 Å². The maximum atomic E-state index is 12.3. The number of fused-ring (bicyclic) bond motifs is 1. The second-order valence-corrected chi connectivity index (χ2v) is 6.96. The summed E-state index contributed by atoms with van der Waals surface area (Å²) in [5, 5.41) is 3.41. The van der Waals surface area contributed by atoms with Gasteiger partial charge in [0, 0.05) is 38.1 Å². The molecule has 4 rings (SSSR count). The van der Waals surface area contributed by atoms with E-state index >= 15 is 0 Å². The van der Waals surface area contributed by atoms with Crippen LogP contribution in [0.25, 0.3) is 5.65 Å². The van der Waals surface area contributed by atoms with Crippen molar-refractivity contribution < 1.29 is 0 Å². The van der Waals surface area contributed by atoms with E-state index < -0.39 is 0 Å². The van der Waals surface area contributed by atoms with Crippen LogP contribution in [0.4, 0.5) is 5.82 Å². The molecule has 1 aliphatic heterocycles. The number of nitrogens with zero attached hydrogens (tertiary/aromatic N) is 4. The average molecular weight is 349 g/mol. The molecule has 134 valence electrons. The second-order valence-electron chi connectivity index (χ2n) is 6.96. The molecule has 1 aliphatic rings. The van der Waals surface area contributed by atoms with Gasteiger partial charge < -0.3 is 5.32 Å². The van der Waals surface area contributed by atoms with Gasteiger partial charge in [-0.25, -0.2) is 9.97 Å². The van der Waals surface area contributed by atoms with E-state index in [4.69, 9.17) is 4.98 Å². The molecule has 1 atom stereocenters. The number of hydrogen-bond donors (Lipinski definition) is 1. The fourth-order valence-electron chi connectivity index (χ4n) is 3.56. The van der Waals surface area contributed by atoms with Gasteiger partial charge in [0.1, 0.15) is 11.5 Å². The number of aryl methyl sites for hydroxylation is 1. The molecule has 0 aliphatic carbocycles. The van der Waals surface area contributed by atoms with E-state index in [9.17, 15) is 4.79 Å². The van der Waals surface area contributed by atoms with Crippen molar-refractivity contribution in [1.29, 1.82) is 0 Å². The first-order valence-electron chi connectivity index (χ1n) is 9.04. The van der Waals surface area contributed by atoms with Crippen molar-refractivity contribution in [3.05, 3.63) is 70.4 Å². The Morgan fingerprint density at radius 3 is 3.04 bits per heavy atom. The van der Waals surface area contributed by atoms with E-state index in [1.807, 2.05) is 37.3 Å². The number of nitrogens with one attached hydrogen (secondary N) is 1. The molecule has 0 unspecified atom stereocenters. The van der Waals surface area contributed by atoms with Gasteiger partial charge in [0.25, 0.3) is 5.56 Å². The van der Waals surface area contributed by atoms with Crippen LogP contribution in [0.1, 0.15) is 17.7 Å². The SMILES string of the molecule is Cc1cccn2c(=O)cc(CN3CC[C@H](CNc4ccccn4)C3)nc12. The first kappa shape index (κ1) is 16.7. The van der Waals surface area contributed by atoms with Crippen LogP contribution >= 0.6 is 0 Å². The van der Waals surface area contributed by atoms with Gasteiger partial charge in [0.05, 0.1) is 5.69 Å². The Kier molecular flexibility index (Phi) is 4.67. The van der Waals surface area contributed by atoms with Crippen molar-refractivity contribution in [2.24, 2.45) is 5.92 Å². The minimum Gasteiger partial charge on any atom is -0.370 e. The van der Waals surface area contributed by atoms with Crippen molar-refractivity contribution in [1.82, 2.24) is 19.3 Å². The monoisotopic (exact) mass is 349 g/mol. The van der Waals surface area contributed by atoms with E-state index in [0.717, 1.165) is 55.3 Å². The van der Waals surface area contributed by atoms with E-state index in [0.29, 0.717) is 5.92 Å². The van der Waals surface area contributed by atoms with Crippen LogP contribution in [-0.4, -0.2) is 38.9 Å². The molecule has 1 fully saturated rings. The Labute approximate surface area is 152 Å². The molecule has 0 aromatic carbocycles.